The van der Waals surface area contributed by atoms with E-state index >= 15 is 0 Å². The first kappa shape index (κ1) is 22.6. The number of benzene rings is 1. The van der Waals surface area contributed by atoms with Gasteiger partial charge in [0.15, 0.2) is 0 Å². The zero-order valence-electron chi connectivity index (χ0n) is 18.8. The largest absolute Gasteiger partial charge is 0.350 e. The fraction of sp³-hybridized carbons (Fsp3) is 0.565. The number of nitrogens with zero attached hydrogens (tertiary/aromatic N) is 2. The number of anilines is 1. The second kappa shape index (κ2) is 8.23. The predicted molar refractivity (Wildman–Crippen MR) is 128 cm³/mol. The number of thioether (sulfide) groups is 2. The molecule has 0 saturated carbocycles. The third-order valence-electron chi connectivity index (χ3n) is 7.16. The molecule has 0 radical (unpaired) electrons. The summed E-state index contributed by atoms with van der Waals surface area (Å²) < 4.78 is 0. The minimum absolute atomic E-state index is 0.0387. The zero-order valence-corrected chi connectivity index (χ0v) is 20.4. The van der Waals surface area contributed by atoms with E-state index in [2.05, 4.69) is 10.6 Å². The summed E-state index contributed by atoms with van der Waals surface area (Å²) in [6.45, 7) is 4.37. The topological polar surface area (TPSA) is 98.8 Å². The highest BCUT2D eigenvalue weighted by Gasteiger charge is 2.53. The first-order chi connectivity index (χ1) is 15.7. The van der Waals surface area contributed by atoms with E-state index in [0.29, 0.717) is 36.6 Å². The van der Waals surface area contributed by atoms with E-state index in [1.54, 1.807) is 39.4 Å². The van der Waals surface area contributed by atoms with Gasteiger partial charge in [0.05, 0.1) is 9.74 Å². The number of fused-ring (bicyclic) bond motifs is 2. The van der Waals surface area contributed by atoms with Gasteiger partial charge in [-0.25, -0.2) is 0 Å². The summed E-state index contributed by atoms with van der Waals surface area (Å²) in [5.41, 5.74) is 1.49. The summed E-state index contributed by atoms with van der Waals surface area (Å²) in [6.07, 6.45) is 2.54. The van der Waals surface area contributed by atoms with Crippen molar-refractivity contribution in [2.45, 2.75) is 67.9 Å². The lowest BCUT2D eigenvalue weighted by atomic mass is 10.1. The minimum Gasteiger partial charge on any atom is -0.350 e. The van der Waals surface area contributed by atoms with Gasteiger partial charge in [-0.2, -0.15) is 0 Å². The van der Waals surface area contributed by atoms with Gasteiger partial charge in [0, 0.05) is 36.6 Å². The Bertz CT molecular complexity index is 1040. The molecular formula is C23H28N4O4S2. The van der Waals surface area contributed by atoms with Crippen LogP contribution in [0.1, 0.15) is 45.1 Å². The van der Waals surface area contributed by atoms with Gasteiger partial charge in [-0.05, 0) is 44.4 Å². The second-order valence-corrected chi connectivity index (χ2v) is 12.4. The number of nitrogens with one attached hydrogen (secondary N) is 2. The van der Waals surface area contributed by atoms with E-state index in [1.807, 2.05) is 32.0 Å². The minimum atomic E-state index is -0.467. The normalized spacial score (nSPS) is 32.8. The van der Waals surface area contributed by atoms with Gasteiger partial charge < -0.3 is 20.4 Å². The predicted octanol–water partition coefficient (Wildman–Crippen LogP) is 2.15. The van der Waals surface area contributed by atoms with Crippen LogP contribution in [0.25, 0.3) is 0 Å². The van der Waals surface area contributed by atoms with Gasteiger partial charge >= 0.3 is 0 Å². The third kappa shape index (κ3) is 3.90. The molecule has 4 fully saturated rings. The van der Waals surface area contributed by atoms with Crippen molar-refractivity contribution in [3.63, 3.8) is 0 Å². The van der Waals surface area contributed by atoms with E-state index in [0.717, 1.165) is 18.4 Å². The van der Waals surface area contributed by atoms with Gasteiger partial charge in [-0.3, -0.25) is 19.2 Å². The van der Waals surface area contributed by atoms with E-state index < -0.39 is 12.1 Å². The summed E-state index contributed by atoms with van der Waals surface area (Å²) in [5, 5.41) is 5.90. The van der Waals surface area contributed by atoms with Gasteiger partial charge in [-0.15, -0.1) is 23.5 Å². The zero-order chi connectivity index (χ0) is 23.4. The molecule has 4 heterocycles. The fourth-order valence-electron chi connectivity index (χ4n) is 5.32. The highest BCUT2D eigenvalue weighted by Crippen LogP contribution is 2.48. The van der Waals surface area contributed by atoms with Crippen LogP contribution in [0, 0.1) is 0 Å². The fourth-order valence-corrected chi connectivity index (χ4v) is 8.18. The van der Waals surface area contributed by atoms with Crippen LogP contribution >= 0.6 is 23.5 Å². The quantitative estimate of drug-likeness (QED) is 0.659. The smallest absolute Gasteiger partial charge is 0.248 e. The average molecular weight is 489 g/mol. The first-order valence-corrected chi connectivity index (χ1v) is 13.3. The van der Waals surface area contributed by atoms with Crippen LogP contribution in [-0.4, -0.2) is 66.8 Å². The van der Waals surface area contributed by atoms with Crippen molar-refractivity contribution < 1.29 is 19.2 Å². The van der Waals surface area contributed by atoms with Crippen molar-refractivity contribution in [1.29, 1.82) is 0 Å². The molecule has 33 heavy (non-hydrogen) atoms. The Balaban J connectivity index is 1.20. The summed E-state index contributed by atoms with van der Waals surface area (Å²) in [6, 6.07) is 6.45. The van der Waals surface area contributed by atoms with Gasteiger partial charge in [0.1, 0.15) is 12.1 Å². The maximum atomic E-state index is 12.9. The maximum Gasteiger partial charge on any atom is 0.248 e. The summed E-state index contributed by atoms with van der Waals surface area (Å²) in [5.74, 6) is 0.958. The number of hydrogen-bond acceptors (Lipinski definition) is 6. The molecule has 4 amide bonds. The van der Waals surface area contributed by atoms with Crippen LogP contribution in [0.4, 0.5) is 5.69 Å². The van der Waals surface area contributed by atoms with Crippen molar-refractivity contribution in [1.82, 2.24) is 15.1 Å². The van der Waals surface area contributed by atoms with Crippen LogP contribution in [0.15, 0.2) is 24.3 Å². The maximum absolute atomic E-state index is 12.9. The molecule has 4 atom stereocenters. The molecule has 1 aromatic carbocycles. The molecule has 0 bridgehead atoms. The molecule has 2 N–H and O–H groups in total. The molecule has 4 aliphatic rings. The number of carbonyl (C=O) groups excluding carboxylic acids is 4. The average Bonchev–Trinajstić information content (AvgIpc) is 3.48. The Morgan fingerprint density at radius 2 is 1.55 bits per heavy atom. The Labute approximate surface area is 201 Å². The lowest BCUT2D eigenvalue weighted by molar-refractivity contribution is -0.138. The molecule has 5 rings (SSSR count). The van der Waals surface area contributed by atoms with Crippen LogP contribution < -0.4 is 10.6 Å². The van der Waals surface area contributed by atoms with Gasteiger partial charge in [0.2, 0.25) is 23.6 Å². The Morgan fingerprint density at radius 1 is 0.970 bits per heavy atom. The lowest BCUT2D eigenvalue weighted by Crippen LogP contribution is -2.49. The van der Waals surface area contributed by atoms with E-state index in [9.17, 15) is 19.2 Å². The van der Waals surface area contributed by atoms with Crippen molar-refractivity contribution in [2.75, 3.05) is 16.8 Å². The van der Waals surface area contributed by atoms with Crippen LogP contribution in [0.2, 0.25) is 0 Å². The van der Waals surface area contributed by atoms with Crippen LogP contribution in [0.3, 0.4) is 0 Å². The van der Waals surface area contributed by atoms with E-state index in [-0.39, 0.29) is 33.4 Å². The monoisotopic (exact) mass is 488 g/mol. The number of hydrogen-bond donors (Lipinski definition) is 2. The van der Waals surface area contributed by atoms with Gasteiger partial charge in [0.25, 0.3) is 0 Å². The van der Waals surface area contributed by atoms with E-state index in [1.165, 1.54) is 0 Å². The Hall–Kier alpha value is -2.20. The summed E-state index contributed by atoms with van der Waals surface area (Å²) in [4.78, 5) is 53.3. The molecule has 4 aliphatic heterocycles. The first-order valence-electron chi connectivity index (χ1n) is 11.3. The number of amides is 4. The molecule has 0 aliphatic carbocycles. The molecule has 0 aromatic heterocycles. The van der Waals surface area contributed by atoms with Crippen LogP contribution in [0.5, 0.6) is 0 Å². The highest BCUT2D eigenvalue weighted by molar-refractivity contribution is 8.01. The molecule has 1 aromatic rings. The van der Waals surface area contributed by atoms with Crippen molar-refractivity contribution in [3.8, 4) is 0 Å². The van der Waals surface area contributed by atoms with E-state index in [4.69, 9.17) is 0 Å². The molecule has 0 spiro atoms. The molecule has 4 unspecified atom stereocenters. The Kier molecular flexibility index (Phi) is 5.63. The third-order valence-corrected chi connectivity index (χ3v) is 10.2. The summed E-state index contributed by atoms with van der Waals surface area (Å²) >= 11 is 3.34. The standard InChI is InChI=1S/C23H28N4O4S2/c1-22-8-6-18(28)26(22)16(12-32-22)20(30)24-11-14-4-3-5-15(10-14)25-21(31)17-13-33-23(2)9-7-19(29)27(17)23/h3-5,10,16-17H,6-9,11-13H2,1-2H3,(H,24,30)(H,25,31). The highest BCUT2D eigenvalue weighted by atomic mass is 32.2. The lowest BCUT2D eigenvalue weighted by Gasteiger charge is -2.30. The van der Waals surface area contributed by atoms with Crippen LogP contribution in [-0.2, 0) is 25.7 Å². The number of carbonyl (C=O) groups is 4. The molecule has 176 valence electrons. The van der Waals surface area contributed by atoms with Gasteiger partial charge in [-0.1, -0.05) is 12.1 Å². The molecular weight excluding hydrogens is 460 g/mol. The van der Waals surface area contributed by atoms with Crippen molar-refractivity contribution >= 4 is 52.8 Å². The molecule has 8 nitrogen and oxygen atoms in total. The SMILES string of the molecule is CC12CCC(=O)N1C(C(=O)NCc1cccc(NC(=O)C3CSC4(C)CCC(=O)N34)c1)CS2. The Morgan fingerprint density at radius 3 is 2.15 bits per heavy atom. The molecule has 4 saturated heterocycles. The van der Waals surface area contributed by atoms with Crippen molar-refractivity contribution in [2.24, 2.45) is 0 Å². The number of rotatable bonds is 5. The summed E-state index contributed by atoms with van der Waals surface area (Å²) in [7, 11) is 0. The van der Waals surface area contributed by atoms with Crippen molar-refractivity contribution in [3.05, 3.63) is 29.8 Å². The molecule has 10 heteroatoms. The second-order valence-electron chi connectivity index (χ2n) is 9.44.